The highest BCUT2D eigenvalue weighted by Crippen LogP contribution is 2.72. The zero-order chi connectivity index (χ0) is 23.9. The Labute approximate surface area is 193 Å². The van der Waals surface area contributed by atoms with Gasteiger partial charge in [-0.15, -0.1) is 0 Å². The minimum absolute atomic E-state index is 0.350. The lowest BCUT2D eigenvalue weighted by atomic mass is 9.69. The molecular formula is C26H28N4O3. The SMILES string of the molecule is CC1=N[C@]23c4c(C)cc(C)cc4O[C@@]2(c2ccc(C)cc2)[C@H](C#N)C(C(=O)N(C)C)[C@]3(O)N1. The minimum atomic E-state index is -1.85. The van der Waals surface area contributed by atoms with Crippen LogP contribution in [0.4, 0.5) is 0 Å². The molecule has 0 aromatic heterocycles. The number of ether oxygens (including phenoxy) is 1. The molecule has 170 valence electrons. The fourth-order valence-electron chi connectivity index (χ4n) is 6.33. The number of aryl methyl sites for hydroxylation is 3. The van der Waals surface area contributed by atoms with E-state index < -0.39 is 28.7 Å². The highest BCUT2D eigenvalue weighted by Gasteiger charge is 2.86. The van der Waals surface area contributed by atoms with Crippen LogP contribution in [-0.2, 0) is 15.9 Å². The molecule has 0 bridgehead atoms. The summed E-state index contributed by atoms with van der Waals surface area (Å²) in [7, 11) is 3.26. The zero-order valence-electron chi connectivity index (χ0n) is 19.7. The third kappa shape index (κ3) is 2.32. The molecule has 5 atom stereocenters. The van der Waals surface area contributed by atoms with Crippen LogP contribution in [0.25, 0.3) is 0 Å². The van der Waals surface area contributed by atoms with Gasteiger partial charge in [-0.3, -0.25) is 9.79 Å². The Hall–Kier alpha value is -3.37. The fourth-order valence-corrected chi connectivity index (χ4v) is 6.33. The lowest BCUT2D eigenvalue weighted by molar-refractivity contribution is -0.146. The van der Waals surface area contributed by atoms with E-state index in [4.69, 9.17) is 9.73 Å². The third-order valence-electron chi connectivity index (χ3n) is 7.42. The van der Waals surface area contributed by atoms with E-state index in [2.05, 4.69) is 11.4 Å². The first-order valence-electron chi connectivity index (χ1n) is 11.1. The smallest absolute Gasteiger partial charge is 0.231 e. The van der Waals surface area contributed by atoms with Crippen molar-refractivity contribution in [2.24, 2.45) is 16.8 Å². The number of hydrogen-bond donors (Lipinski definition) is 2. The van der Waals surface area contributed by atoms with Crippen LogP contribution in [0.3, 0.4) is 0 Å². The van der Waals surface area contributed by atoms with E-state index in [0.29, 0.717) is 17.1 Å². The lowest BCUT2D eigenvalue weighted by Gasteiger charge is -2.41. The van der Waals surface area contributed by atoms with Gasteiger partial charge in [-0.2, -0.15) is 5.26 Å². The van der Waals surface area contributed by atoms with Crippen molar-refractivity contribution in [3.8, 4) is 11.8 Å². The van der Waals surface area contributed by atoms with Crippen LogP contribution in [0.1, 0.15) is 34.7 Å². The molecule has 2 aliphatic heterocycles. The molecular weight excluding hydrogens is 416 g/mol. The van der Waals surface area contributed by atoms with Crippen molar-refractivity contribution in [2.75, 3.05) is 14.1 Å². The first kappa shape index (κ1) is 21.5. The summed E-state index contributed by atoms with van der Waals surface area (Å²) in [5.74, 6) is -1.37. The summed E-state index contributed by atoms with van der Waals surface area (Å²) in [6, 6.07) is 14.1. The number of hydrogen-bond acceptors (Lipinski definition) is 6. The van der Waals surface area contributed by atoms with Crippen LogP contribution in [-0.4, -0.2) is 41.6 Å². The maximum absolute atomic E-state index is 13.5. The number of carbonyl (C=O) groups is 1. The predicted molar refractivity (Wildman–Crippen MR) is 124 cm³/mol. The molecule has 2 N–H and O–H groups in total. The second kappa shape index (κ2) is 6.58. The summed E-state index contributed by atoms with van der Waals surface area (Å²) in [5, 5.41) is 26.1. The third-order valence-corrected chi connectivity index (χ3v) is 7.42. The number of rotatable bonds is 2. The number of amides is 1. The van der Waals surface area contributed by atoms with Crippen LogP contribution >= 0.6 is 0 Å². The molecule has 7 heteroatoms. The molecule has 0 radical (unpaired) electrons. The van der Waals surface area contributed by atoms with Gasteiger partial charge in [0.15, 0.2) is 16.9 Å². The zero-order valence-corrected chi connectivity index (χ0v) is 19.7. The number of benzene rings is 2. The summed E-state index contributed by atoms with van der Waals surface area (Å²) < 4.78 is 6.79. The standard InChI is InChI=1S/C26H28N4O3/c1-14-7-9-18(10-8-14)24-19(13-27)22(23(31)30(5)6)26(32)25(24,28-17(4)29-26)21-16(3)11-15(2)12-20(21)33-24/h7-12,19,22,32H,1-6H3,(H,28,29)/t19-,22?,24+,25-,26-/m1/s1. The number of fused-ring (bicyclic) bond motifs is 1. The van der Waals surface area contributed by atoms with E-state index in [9.17, 15) is 15.2 Å². The lowest BCUT2D eigenvalue weighted by Crippen LogP contribution is -2.62. The number of nitrogens with zero attached hydrogens (tertiary/aromatic N) is 3. The van der Waals surface area contributed by atoms with Crippen molar-refractivity contribution in [3.63, 3.8) is 0 Å². The Bertz CT molecular complexity index is 1260. The maximum Gasteiger partial charge on any atom is 0.231 e. The summed E-state index contributed by atoms with van der Waals surface area (Å²) >= 11 is 0. The van der Waals surface area contributed by atoms with Crippen LogP contribution in [0.5, 0.6) is 5.75 Å². The van der Waals surface area contributed by atoms with Gasteiger partial charge >= 0.3 is 0 Å². The molecule has 1 saturated carbocycles. The molecule has 2 aromatic carbocycles. The predicted octanol–water partition coefficient (Wildman–Crippen LogP) is 2.66. The highest BCUT2D eigenvalue weighted by molar-refractivity contribution is 5.90. The molecule has 1 spiro atoms. The van der Waals surface area contributed by atoms with Crippen molar-refractivity contribution in [1.82, 2.24) is 10.2 Å². The molecule has 2 heterocycles. The average molecular weight is 445 g/mol. The normalized spacial score (nSPS) is 33.2. The number of aliphatic imine (C=N–C) groups is 1. The van der Waals surface area contributed by atoms with E-state index in [1.807, 2.05) is 57.2 Å². The highest BCUT2D eigenvalue weighted by atomic mass is 16.5. The molecule has 1 aliphatic carbocycles. The summed E-state index contributed by atoms with van der Waals surface area (Å²) in [6.45, 7) is 7.69. The largest absolute Gasteiger partial charge is 0.478 e. The Balaban J connectivity index is 1.95. The Kier molecular flexibility index (Phi) is 4.28. The van der Waals surface area contributed by atoms with Gasteiger partial charge in [0.05, 0.1) is 11.9 Å². The van der Waals surface area contributed by atoms with E-state index in [1.165, 1.54) is 4.90 Å². The monoisotopic (exact) mass is 444 g/mol. The summed E-state index contributed by atoms with van der Waals surface area (Å²) in [4.78, 5) is 20.0. The van der Waals surface area contributed by atoms with Crippen molar-refractivity contribution >= 4 is 11.7 Å². The quantitative estimate of drug-likeness (QED) is 0.742. The molecule has 1 amide bonds. The van der Waals surface area contributed by atoms with Crippen LogP contribution in [0.15, 0.2) is 41.4 Å². The molecule has 0 saturated heterocycles. The van der Waals surface area contributed by atoms with Gasteiger partial charge in [0, 0.05) is 19.7 Å². The van der Waals surface area contributed by atoms with E-state index >= 15 is 0 Å². The van der Waals surface area contributed by atoms with Gasteiger partial charge in [-0.1, -0.05) is 35.9 Å². The van der Waals surface area contributed by atoms with Gasteiger partial charge in [0.2, 0.25) is 5.91 Å². The van der Waals surface area contributed by atoms with Gasteiger partial charge in [-0.25, -0.2) is 0 Å². The van der Waals surface area contributed by atoms with Crippen molar-refractivity contribution < 1.29 is 14.6 Å². The first-order chi connectivity index (χ1) is 15.5. The van der Waals surface area contributed by atoms with Gasteiger partial charge in [0.25, 0.3) is 0 Å². The molecule has 2 aromatic rings. The topological polar surface area (TPSA) is 98.0 Å². The van der Waals surface area contributed by atoms with E-state index in [0.717, 1.165) is 22.3 Å². The minimum Gasteiger partial charge on any atom is -0.478 e. The van der Waals surface area contributed by atoms with Crippen LogP contribution < -0.4 is 10.1 Å². The number of nitrogens with one attached hydrogen (secondary N) is 1. The van der Waals surface area contributed by atoms with Crippen molar-refractivity contribution in [1.29, 1.82) is 5.26 Å². The van der Waals surface area contributed by atoms with Gasteiger partial charge in [0.1, 0.15) is 17.6 Å². The number of amidine groups is 1. The van der Waals surface area contributed by atoms with Crippen molar-refractivity contribution in [2.45, 2.75) is 44.6 Å². The van der Waals surface area contributed by atoms with E-state index in [1.54, 1.807) is 21.0 Å². The first-order valence-corrected chi connectivity index (χ1v) is 11.1. The summed E-state index contributed by atoms with van der Waals surface area (Å²) in [5.41, 5.74) is -0.280. The Morgan fingerprint density at radius 3 is 2.42 bits per heavy atom. The second-order valence-electron chi connectivity index (χ2n) is 9.77. The molecule has 33 heavy (non-hydrogen) atoms. The van der Waals surface area contributed by atoms with E-state index in [-0.39, 0.29) is 5.91 Å². The van der Waals surface area contributed by atoms with Gasteiger partial charge < -0.3 is 20.1 Å². The second-order valence-corrected chi connectivity index (χ2v) is 9.77. The molecule has 1 fully saturated rings. The molecule has 3 aliphatic rings. The average Bonchev–Trinajstić information content (AvgIpc) is 3.23. The maximum atomic E-state index is 13.5. The van der Waals surface area contributed by atoms with Crippen LogP contribution in [0, 0.1) is 43.9 Å². The fraction of sp³-hybridized carbons (Fsp3) is 0.423. The summed E-state index contributed by atoms with van der Waals surface area (Å²) in [6.07, 6.45) is 0. The Morgan fingerprint density at radius 1 is 1.15 bits per heavy atom. The molecule has 5 rings (SSSR count). The number of carbonyl (C=O) groups excluding carboxylic acids is 1. The number of aliphatic hydroxyl groups is 1. The van der Waals surface area contributed by atoms with Crippen molar-refractivity contribution in [3.05, 3.63) is 64.2 Å². The van der Waals surface area contributed by atoms with Crippen LogP contribution in [0.2, 0.25) is 0 Å². The molecule has 1 unspecified atom stereocenters. The van der Waals surface area contributed by atoms with Gasteiger partial charge in [-0.05, 0) is 50.5 Å². The molecule has 7 nitrogen and oxygen atoms in total. The Morgan fingerprint density at radius 2 is 1.82 bits per heavy atom. The number of nitriles is 1.